The summed E-state index contributed by atoms with van der Waals surface area (Å²) in [6.07, 6.45) is 5.47. The lowest BCUT2D eigenvalue weighted by atomic mass is 9.83. The summed E-state index contributed by atoms with van der Waals surface area (Å²) in [4.78, 5) is 2.35. The normalized spacial score (nSPS) is 15.9. The molecule has 2 heterocycles. The predicted octanol–water partition coefficient (Wildman–Crippen LogP) is 6.77. The molecule has 0 saturated carbocycles. The summed E-state index contributed by atoms with van der Waals surface area (Å²) < 4.78 is 23.8. The van der Waals surface area contributed by atoms with Crippen molar-refractivity contribution in [3.8, 4) is 23.0 Å². The Morgan fingerprint density at radius 3 is 2.03 bits per heavy atom. The lowest BCUT2D eigenvalue weighted by molar-refractivity contribution is 0.0965. The van der Waals surface area contributed by atoms with Crippen molar-refractivity contribution in [2.75, 3.05) is 27.5 Å². The largest absolute Gasteiger partial charge is 0.497 e. The number of hydrogen-bond donors (Lipinski definition) is 0. The number of methoxy groups -OCH3 is 2. The number of nitrogens with zero attached hydrogens (tertiary/aromatic N) is 1. The summed E-state index contributed by atoms with van der Waals surface area (Å²) in [6, 6.07) is 24.7. The van der Waals surface area contributed by atoms with Crippen molar-refractivity contribution < 1.29 is 18.9 Å². The van der Waals surface area contributed by atoms with E-state index in [0.717, 1.165) is 59.2 Å². The molecule has 2 aliphatic rings. The maximum atomic E-state index is 6.94. The van der Waals surface area contributed by atoms with Crippen molar-refractivity contribution in [2.24, 2.45) is 0 Å². The van der Waals surface area contributed by atoms with Gasteiger partial charge in [0.15, 0.2) is 5.60 Å². The smallest absolute Gasteiger partial charge is 0.178 e. The summed E-state index contributed by atoms with van der Waals surface area (Å²) in [5, 5.41) is 2.39. The molecule has 0 spiro atoms. The van der Waals surface area contributed by atoms with Crippen LogP contribution in [0.4, 0.5) is 0 Å². The van der Waals surface area contributed by atoms with E-state index in [4.69, 9.17) is 18.9 Å². The third kappa shape index (κ3) is 4.00. The molecule has 5 heteroatoms. The minimum Gasteiger partial charge on any atom is -0.497 e. The Balaban J connectivity index is 1.47. The molecule has 0 bridgehead atoms. The monoisotopic (exact) mass is 493 g/mol. The van der Waals surface area contributed by atoms with Gasteiger partial charge >= 0.3 is 0 Å². The molecule has 6 rings (SSSR count). The van der Waals surface area contributed by atoms with Crippen molar-refractivity contribution in [1.29, 1.82) is 0 Å². The van der Waals surface area contributed by atoms with Crippen molar-refractivity contribution in [3.63, 3.8) is 0 Å². The highest BCUT2D eigenvalue weighted by atomic mass is 16.5. The molecule has 4 aromatic rings. The zero-order chi connectivity index (χ0) is 25.4. The topological polar surface area (TPSA) is 40.2 Å². The van der Waals surface area contributed by atoms with Gasteiger partial charge in [-0.1, -0.05) is 37.3 Å². The average molecular weight is 494 g/mol. The Hall–Kier alpha value is -3.96. The fourth-order valence-corrected chi connectivity index (χ4v) is 5.46. The summed E-state index contributed by atoms with van der Waals surface area (Å²) >= 11 is 0. The van der Waals surface area contributed by atoms with Gasteiger partial charge in [-0.25, -0.2) is 0 Å². The first-order valence-electron chi connectivity index (χ1n) is 12.8. The zero-order valence-corrected chi connectivity index (χ0v) is 21.5. The summed E-state index contributed by atoms with van der Waals surface area (Å²) in [7, 11) is 3.36. The van der Waals surface area contributed by atoms with Gasteiger partial charge in [-0.3, -0.25) is 4.90 Å². The van der Waals surface area contributed by atoms with Crippen LogP contribution in [0.25, 0.3) is 16.8 Å². The van der Waals surface area contributed by atoms with Crippen LogP contribution in [0.5, 0.6) is 23.0 Å². The Bertz CT molecular complexity index is 1410. The van der Waals surface area contributed by atoms with E-state index in [-0.39, 0.29) is 0 Å². The second-order valence-electron chi connectivity index (χ2n) is 9.57. The third-order valence-electron chi connectivity index (χ3n) is 7.39. The van der Waals surface area contributed by atoms with E-state index < -0.39 is 5.60 Å². The molecule has 0 unspecified atom stereocenters. The molecule has 188 valence electrons. The van der Waals surface area contributed by atoms with Crippen LogP contribution in [0.2, 0.25) is 0 Å². The average Bonchev–Trinajstić information content (AvgIpc) is 2.96. The molecule has 0 fully saturated rings. The van der Waals surface area contributed by atoms with E-state index >= 15 is 0 Å². The van der Waals surface area contributed by atoms with Crippen LogP contribution >= 0.6 is 0 Å². The van der Waals surface area contributed by atoms with E-state index in [0.29, 0.717) is 6.73 Å². The molecule has 0 radical (unpaired) electrons. The highest BCUT2D eigenvalue weighted by molar-refractivity contribution is 5.97. The SMILES string of the molecule is CCCN1COc2ccc3c4c(ccc3c2C1)OC(c1ccc(OC)cc1)(c1ccc(OC)cc1)C=C4. The molecule has 37 heavy (non-hydrogen) atoms. The Morgan fingerprint density at radius 1 is 0.784 bits per heavy atom. The number of rotatable bonds is 6. The van der Waals surface area contributed by atoms with Crippen molar-refractivity contribution in [3.05, 3.63) is 101 Å². The van der Waals surface area contributed by atoms with Crippen LogP contribution in [-0.2, 0) is 12.1 Å². The summed E-state index contributed by atoms with van der Waals surface area (Å²) in [5.74, 6) is 3.45. The molecule has 0 N–H and O–H groups in total. The van der Waals surface area contributed by atoms with E-state index in [1.807, 2.05) is 24.3 Å². The van der Waals surface area contributed by atoms with Crippen molar-refractivity contribution in [1.82, 2.24) is 4.90 Å². The molecule has 0 amide bonds. The van der Waals surface area contributed by atoms with Gasteiger partial charge in [-0.15, -0.1) is 0 Å². The summed E-state index contributed by atoms with van der Waals surface area (Å²) in [6.45, 7) is 4.77. The van der Waals surface area contributed by atoms with Crippen LogP contribution in [0, 0.1) is 0 Å². The number of ether oxygens (including phenoxy) is 4. The lowest BCUT2D eigenvalue weighted by Crippen LogP contribution is -2.34. The van der Waals surface area contributed by atoms with Crippen molar-refractivity contribution >= 4 is 16.8 Å². The Labute approximate surface area is 217 Å². The standard InChI is InChI=1S/C32H31NO4/c1-4-19-33-20-29-27-14-16-31-28(26(27)13-15-30(29)36-21-33)17-18-32(37-31,22-5-9-24(34-2)10-6-22)23-7-11-25(35-3)12-8-23/h5-18H,4,19-21H2,1-3H3. The Kier molecular flexibility index (Phi) is 6.01. The van der Waals surface area contributed by atoms with Gasteiger partial charge < -0.3 is 18.9 Å². The predicted molar refractivity (Wildman–Crippen MR) is 147 cm³/mol. The van der Waals surface area contributed by atoms with E-state index in [9.17, 15) is 0 Å². The number of fused-ring (bicyclic) bond motifs is 5. The highest BCUT2D eigenvalue weighted by Crippen LogP contribution is 2.46. The van der Waals surface area contributed by atoms with Crippen LogP contribution in [0.3, 0.4) is 0 Å². The second kappa shape index (κ2) is 9.49. The van der Waals surface area contributed by atoms with Gasteiger partial charge in [0.25, 0.3) is 0 Å². The fraction of sp³-hybridized carbons (Fsp3) is 0.250. The van der Waals surface area contributed by atoms with E-state index in [1.54, 1.807) is 14.2 Å². The van der Waals surface area contributed by atoms with E-state index in [2.05, 4.69) is 72.5 Å². The third-order valence-corrected chi connectivity index (χ3v) is 7.39. The van der Waals surface area contributed by atoms with E-state index in [1.165, 1.54) is 16.3 Å². The first kappa shape index (κ1) is 23.4. The van der Waals surface area contributed by atoms with Crippen LogP contribution in [-0.4, -0.2) is 32.4 Å². The summed E-state index contributed by atoms with van der Waals surface area (Å²) in [5.41, 5.74) is 3.60. The molecule has 4 aromatic carbocycles. The van der Waals surface area contributed by atoms with Crippen molar-refractivity contribution in [2.45, 2.75) is 25.5 Å². The van der Waals surface area contributed by atoms with Crippen LogP contribution in [0.15, 0.2) is 78.9 Å². The molecule has 5 nitrogen and oxygen atoms in total. The Morgan fingerprint density at radius 2 is 1.41 bits per heavy atom. The number of benzene rings is 4. The van der Waals surface area contributed by atoms with Gasteiger partial charge in [-0.2, -0.15) is 0 Å². The molecule has 0 aromatic heterocycles. The van der Waals surface area contributed by atoms with Gasteiger partial charge in [0.1, 0.15) is 29.7 Å². The second-order valence-corrected chi connectivity index (χ2v) is 9.57. The fourth-order valence-electron chi connectivity index (χ4n) is 5.46. The maximum absolute atomic E-state index is 6.94. The minimum absolute atomic E-state index is 0.645. The molecule has 0 saturated heterocycles. The maximum Gasteiger partial charge on any atom is 0.178 e. The first-order valence-corrected chi connectivity index (χ1v) is 12.8. The highest BCUT2D eigenvalue weighted by Gasteiger charge is 2.37. The van der Waals surface area contributed by atoms with Gasteiger partial charge in [0.05, 0.1) is 14.2 Å². The van der Waals surface area contributed by atoms with Gasteiger partial charge in [0, 0.05) is 35.3 Å². The zero-order valence-electron chi connectivity index (χ0n) is 21.5. The number of hydrogen-bond acceptors (Lipinski definition) is 5. The lowest BCUT2D eigenvalue weighted by Gasteiger charge is -2.37. The van der Waals surface area contributed by atoms with Gasteiger partial charge in [0.2, 0.25) is 0 Å². The molecule has 0 atom stereocenters. The molecular formula is C32H31NO4. The molecule has 0 aliphatic carbocycles. The first-order chi connectivity index (χ1) is 18.1. The van der Waals surface area contributed by atoms with Gasteiger partial charge in [-0.05, 0) is 71.8 Å². The minimum atomic E-state index is -0.783. The van der Waals surface area contributed by atoms with Crippen LogP contribution in [0.1, 0.15) is 35.6 Å². The quantitative estimate of drug-likeness (QED) is 0.297. The molecular weight excluding hydrogens is 462 g/mol. The van der Waals surface area contributed by atoms with Crippen LogP contribution < -0.4 is 18.9 Å². The molecule has 2 aliphatic heterocycles.